The fourth-order valence-electron chi connectivity index (χ4n) is 4.68. The molecule has 5 N–H and O–H groups in total. The number of nitrogens with zero attached hydrogens (tertiary/aromatic N) is 1. The molecule has 0 fully saturated rings. The Labute approximate surface area is 255 Å². The summed E-state index contributed by atoms with van der Waals surface area (Å²) in [5, 5.41) is 15.8. The Balaban J connectivity index is 2.59. The van der Waals surface area contributed by atoms with E-state index in [9.17, 15) is 24.3 Å². The van der Waals surface area contributed by atoms with Gasteiger partial charge in [-0.15, -0.1) is 0 Å². The summed E-state index contributed by atoms with van der Waals surface area (Å²) in [7, 11) is 0. The molecule has 10 nitrogen and oxygen atoms in total. The number of nitrogens with two attached hydrogens (primary N) is 1. The molecule has 2 aromatic rings. The number of nitrogens with one attached hydrogen (secondary N) is 2. The molecule has 2 aromatic carbocycles. The third kappa shape index (κ3) is 11.6. The number of ether oxygens (including phenoxy) is 1. The summed E-state index contributed by atoms with van der Waals surface area (Å²) < 4.78 is 5.40. The van der Waals surface area contributed by atoms with Crippen LogP contribution in [0.25, 0.3) is 0 Å². The number of carbonyl (C=O) groups is 4. The topological polar surface area (TPSA) is 151 Å². The molecule has 0 radical (unpaired) electrons. The van der Waals surface area contributed by atoms with E-state index in [1.165, 1.54) is 11.0 Å². The van der Waals surface area contributed by atoms with Crippen LogP contribution in [0, 0.1) is 13.8 Å². The van der Waals surface area contributed by atoms with Gasteiger partial charge in [0.05, 0.1) is 0 Å². The number of alkyl carbamates (subject to hydrolysis) is 1. The first-order valence-corrected chi connectivity index (χ1v) is 15.0. The van der Waals surface area contributed by atoms with Crippen molar-refractivity contribution in [1.29, 1.82) is 0 Å². The zero-order valence-electron chi connectivity index (χ0n) is 26.4. The van der Waals surface area contributed by atoms with Crippen molar-refractivity contribution in [2.75, 3.05) is 11.9 Å². The largest absolute Gasteiger partial charge is 0.508 e. The molecule has 4 amide bonds. The molecular weight excluding hydrogens is 548 g/mol. The highest BCUT2D eigenvalue weighted by molar-refractivity contribution is 5.99. The number of phenols is 1. The first-order chi connectivity index (χ1) is 20.2. The summed E-state index contributed by atoms with van der Waals surface area (Å²) in [6.07, 6.45) is 3.47. The number of benzene rings is 2. The number of carbonyl (C=O) groups excluding carboxylic acids is 4. The smallest absolute Gasteiger partial charge is 0.408 e. The summed E-state index contributed by atoms with van der Waals surface area (Å²) in [4.78, 5) is 54.4. The number of amides is 4. The van der Waals surface area contributed by atoms with Gasteiger partial charge in [-0.1, -0.05) is 56.9 Å². The van der Waals surface area contributed by atoms with Crippen LogP contribution in [0.2, 0.25) is 0 Å². The molecule has 0 aliphatic heterocycles. The normalized spacial score (nSPS) is 12.6. The molecule has 2 atom stereocenters. The van der Waals surface area contributed by atoms with E-state index < -0.39 is 41.5 Å². The number of para-hydroxylation sites is 1. The van der Waals surface area contributed by atoms with Crippen LogP contribution >= 0.6 is 0 Å². The zero-order chi connectivity index (χ0) is 32.2. The zero-order valence-corrected chi connectivity index (χ0v) is 26.4. The van der Waals surface area contributed by atoms with Gasteiger partial charge in [0, 0.05) is 18.7 Å². The second-order valence-electron chi connectivity index (χ2n) is 11.9. The van der Waals surface area contributed by atoms with Gasteiger partial charge in [0.15, 0.2) is 0 Å². The van der Waals surface area contributed by atoms with Crippen LogP contribution in [-0.4, -0.2) is 52.0 Å². The Morgan fingerprint density at radius 3 is 2.26 bits per heavy atom. The maximum absolute atomic E-state index is 14.3. The van der Waals surface area contributed by atoms with E-state index in [0.29, 0.717) is 23.2 Å². The summed E-state index contributed by atoms with van der Waals surface area (Å²) >= 11 is 0. The first-order valence-electron chi connectivity index (χ1n) is 15.0. The number of anilines is 1. The number of rotatable bonds is 15. The van der Waals surface area contributed by atoms with Gasteiger partial charge in [0.25, 0.3) is 5.91 Å². The number of hydrogen-bond acceptors (Lipinski definition) is 6. The van der Waals surface area contributed by atoms with Crippen molar-refractivity contribution in [3.63, 3.8) is 0 Å². The summed E-state index contributed by atoms with van der Waals surface area (Å²) in [5.41, 5.74) is 7.07. The van der Waals surface area contributed by atoms with Crippen LogP contribution in [0.5, 0.6) is 5.75 Å². The van der Waals surface area contributed by atoms with Crippen molar-refractivity contribution in [1.82, 2.24) is 10.2 Å². The van der Waals surface area contributed by atoms with Crippen molar-refractivity contribution in [3.8, 4) is 5.75 Å². The quantitative estimate of drug-likeness (QED) is 0.195. The minimum atomic E-state index is -1.18. The lowest BCUT2D eigenvalue weighted by atomic mass is 9.98. The molecule has 2 rings (SSSR count). The lowest BCUT2D eigenvalue weighted by Gasteiger charge is -2.35. The molecule has 0 aliphatic carbocycles. The highest BCUT2D eigenvalue weighted by atomic mass is 16.6. The highest BCUT2D eigenvalue weighted by Crippen LogP contribution is 2.29. The van der Waals surface area contributed by atoms with Gasteiger partial charge >= 0.3 is 6.09 Å². The van der Waals surface area contributed by atoms with Crippen LogP contribution in [-0.2, 0) is 19.1 Å². The minimum absolute atomic E-state index is 0.0604. The molecule has 0 heterocycles. The standard InChI is InChI=1S/C33H48N4O6/c1-7-8-9-10-13-20-37(31(41)26(17-19-28(34)39)36-32(42)43-33(4,5)6)29(24-16-18-27(38)23(3)21-24)30(40)35-25-15-12-11-14-22(25)2/h11-12,14-16,18,21,26,29,38H,7-10,13,17,19-20H2,1-6H3,(H2,34,39)(H,35,40)(H,36,42). The van der Waals surface area contributed by atoms with Gasteiger partial charge in [-0.3, -0.25) is 14.4 Å². The maximum Gasteiger partial charge on any atom is 0.408 e. The number of aryl methyl sites for hydroxylation is 2. The second kappa shape index (κ2) is 16.5. The molecule has 43 heavy (non-hydrogen) atoms. The first kappa shape index (κ1) is 35.1. The van der Waals surface area contributed by atoms with Gasteiger partial charge in [0.1, 0.15) is 23.4 Å². The fourth-order valence-corrected chi connectivity index (χ4v) is 4.68. The fraction of sp³-hybridized carbons (Fsp3) is 0.515. The molecule has 0 bridgehead atoms. The number of primary amides is 1. The van der Waals surface area contributed by atoms with Gasteiger partial charge in [0.2, 0.25) is 11.8 Å². The Morgan fingerprint density at radius 1 is 0.977 bits per heavy atom. The minimum Gasteiger partial charge on any atom is -0.508 e. The predicted octanol–water partition coefficient (Wildman–Crippen LogP) is 5.65. The lowest BCUT2D eigenvalue weighted by molar-refractivity contribution is -0.141. The molecule has 236 valence electrons. The molecule has 0 saturated heterocycles. The average molecular weight is 597 g/mol. The summed E-state index contributed by atoms with van der Waals surface area (Å²) in [6.45, 7) is 11.0. The van der Waals surface area contributed by atoms with E-state index in [1.54, 1.807) is 45.9 Å². The number of unbranched alkanes of at least 4 members (excludes halogenated alkanes) is 4. The van der Waals surface area contributed by atoms with Crippen LogP contribution in [0.3, 0.4) is 0 Å². The van der Waals surface area contributed by atoms with E-state index in [4.69, 9.17) is 10.5 Å². The predicted molar refractivity (Wildman–Crippen MR) is 167 cm³/mol. The van der Waals surface area contributed by atoms with E-state index in [1.807, 2.05) is 25.1 Å². The number of aromatic hydroxyl groups is 1. The lowest BCUT2D eigenvalue weighted by Crippen LogP contribution is -2.52. The van der Waals surface area contributed by atoms with Crippen LogP contribution < -0.4 is 16.4 Å². The van der Waals surface area contributed by atoms with Crippen LogP contribution in [0.15, 0.2) is 42.5 Å². The van der Waals surface area contributed by atoms with Gasteiger partial charge in [-0.25, -0.2) is 4.79 Å². The van der Waals surface area contributed by atoms with Crippen molar-refractivity contribution in [2.24, 2.45) is 5.73 Å². The monoisotopic (exact) mass is 596 g/mol. The van der Waals surface area contributed by atoms with Crippen LogP contribution in [0.1, 0.15) is 95.4 Å². The molecular formula is C33H48N4O6. The summed E-state index contributed by atoms with van der Waals surface area (Å²) in [6, 6.07) is 9.83. The van der Waals surface area contributed by atoms with Crippen molar-refractivity contribution >= 4 is 29.5 Å². The van der Waals surface area contributed by atoms with E-state index in [-0.39, 0.29) is 25.1 Å². The van der Waals surface area contributed by atoms with Crippen molar-refractivity contribution in [3.05, 3.63) is 59.2 Å². The van der Waals surface area contributed by atoms with E-state index >= 15 is 0 Å². The van der Waals surface area contributed by atoms with Gasteiger partial charge in [-0.2, -0.15) is 0 Å². The molecule has 10 heteroatoms. The third-order valence-electron chi connectivity index (χ3n) is 6.95. The van der Waals surface area contributed by atoms with E-state index in [0.717, 1.165) is 31.2 Å². The molecule has 0 aromatic heterocycles. The molecule has 2 unspecified atom stereocenters. The summed E-state index contributed by atoms with van der Waals surface area (Å²) in [5.74, 6) is -1.56. The SMILES string of the molecule is CCCCCCCN(C(=O)C(CCC(N)=O)NC(=O)OC(C)(C)C)C(C(=O)Nc1ccccc1C)c1ccc(O)c(C)c1. The third-order valence-corrected chi connectivity index (χ3v) is 6.95. The Bertz CT molecular complexity index is 1260. The van der Waals surface area contributed by atoms with Crippen molar-refractivity contribution < 1.29 is 29.0 Å². The van der Waals surface area contributed by atoms with Gasteiger partial charge < -0.3 is 31.1 Å². The average Bonchev–Trinajstić information content (AvgIpc) is 2.91. The Hall–Kier alpha value is -4.08. The molecule has 0 saturated carbocycles. The Morgan fingerprint density at radius 2 is 1.65 bits per heavy atom. The number of hydrogen-bond donors (Lipinski definition) is 4. The van der Waals surface area contributed by atoms with Gasteiger partial charge in [-0.05, 0) is 82.3 Å². The Kier molecular flexibility index (Phi) is 13.5. The van der Waals surface area contributed by atoms with E-state index in [2.05, 4.69) is 17.6 Å². The number of phenolic OH excluding ortho intramolecular Hbond substituents is 1. The van der Waals surface area contributed by atoms with Crippen LogP contribution in [0.4, 0.5) is 10.5 Å². The second-order valence-corrected chi connectivity index (χ2v) is 11.9. The molecule has 0 aliphatic rings. The van der Waals surface area contributed by atoms with Crippen molar-refractivity contribution in [2.45, 2.75) is 104 Å². The highest BCUT2D eigenvalue weighted by Gasteiger charge is 2.36. The molecule has 0 spiro atoms. The maximum atomic E-state index is 14.3.